The van der Waals surface area contributed by atoms with Gasteiger partial charge in [0.1, 0.15) is 11.7 Å². The fourth-order valence-corrected chi connectivity index (χ4v) is 2.56. The fourth-order valence-electron chi connectivity index (χ4n) is 2.10. The van der Waals surface area contributed by atoms with Crippen molar-refractivity contribution in [1.82, 2.24) is 0 Å². The molecule has 0 N–H and O–H groups in total. The Morgan fingerprint density at radius 3 is 2.67 bits per heavy atom. The summed E-state index contributed by atoms with van der Waals surface area (Å²) in [6.45, 7) is 1.91. The summed E-state index contributed by atoms with van der Waals surface area (Å²) in [6.07, 6.45) is 0. The minimum absolute atomic E-state index is 0.221. The lowest BCUT2D eigenvalue weighted by Crippen LogP contribution is -2.12. The molecule has 0 spiro atoms. The SMILES string of the molecule is COc1cccc(C(C#N)C(=O)c2cccc(C)c2Br)c1. The van der Waals surface area contributed by atoms with Crippen molar-refractivity contribution >= 4 is 21.7 Å². The van der Waals surface area contributed by atoms with Crippen LogP contribution in [0.3, 0.4) is 0 Å². The Labute approximate surface area is 132 Å². The molecule has 2 aromatic carbocycles. The third-order valence-electron chi connectivity index (χ3n) is 3.28. The van der Waals surface area contributed by atoms with Crippen molar-refractivity contribution < 1.29 is 9.53 Å². The summed E-state index contributed by atoms with van der Waals surface area (Å²) in [6, 6.07) is 14.6. The molecule has 106 valence electrons. The first kappa shape index (κ1) is 15.3. The summed E-state index contributed by atoms with van der Waals surface area (Å²) in [5.41, 5.74) is 2.11. The second-order valence-electron chi connectivity index (χ2n) is 4.64. The van der Waals surface area contributed by atoms with Crippen LogP contribution in [0.4, 0.5) is 0 Å². The number of ketones is 1. The van der Waals surface area contributed by atoms with Crippen LogP contribution >= 0.6 is 15.9 Å². The van der Waals surface area contributed by atoms with Crippen molar-refractivity contribution in [3.8, 4) is 11.8 Å². The van der Waals surface area contributed by atoms with E-state index in [2.05, 4.69) is 22.0 Å². The third kappa shape index (κ3) is 3.14. The van der Waals surface area contributed by atoms with Crippen LogP contribution in [0.25, 0.3) is 0 Å². The number of carbonyl (C=O) groups is 1. The van der Waals surface area contributed by atoms with Gasteiger partial charge in [-0.15, -0.1) is 0 Å². The summed E-state index contributed by atoms with van der Waals surface area (Å²) in [7, 11) is 1.56. The second-order valence-corrected chi connectivity index (χ2v) is 5.43. The molecule has 0 aromatic heterocycles. The van der Waals surface area contributed by atoms with Gasteiger partial charge < -0.3 is 4.74 Å². The summed E-state index contributed by atoms with van der Waals surface area (Å²) in [5, 5.41) is 9.41. The Balaban J connectivity index is 2.44. The highest BCUT2D eigenvalue weighted by Gasteiger charge is 2.24. The van der Waals surface area contributed by atoms with Crippen molar-refractivity contribution in [1.29, 1.82) is 5.26 Å². The van der Waals surface area contributed by atoms with Crippen LogP contribution in [-0.4, -0.2) is 12.9 Å². The lowest BCUT2D eigenvalue weighted by Gasteiger charge is -2.12. The van der Waals surface area contributed by atoms with E-state index in [0.29, 0.717) is 16.9 Å². The van der Waals surface area contributed by atoms with Gasteiger partial charge in [-0.1, -0.05) is 30.3 Å². The van der Waals surface area contributed by atoms with E-state index in [4.69, 9.17) is 4.74 Å². The fraction of sp³-hybridized carbons (Fsp3) is 0.176. The number of Topliss-reactive ketones (excluding diaryl/α,β-unsaturated/α-hetero) is 1. The molecule has 0 radical (unpaired) electrons. The maximum atomic E-state index is 12.7. The van der Waals surface area contributed by atoms with Gasteiger partial charge in [0.25, 0.3) is 0 Å². The van der Waals surface area contributed by atoms with Gasteiger partial charge in [0.05, 0.1) is 13.2 Å². The molecule has 0 saturated carbocycles. The lowest BCUT2D eigenvalue weighted by molar-refractivity contribution is 0.0978. The number of nitrogens with zero attached hydrogens (tertiary/aromatic N) is 1. The van der Waals surface area contributed by atoms with E-state index >= 15 is 0 Å². The van der Waals surface area contributed by atoms with Crippen LogP contribution in [0.2, 0.25) is 0 Å². The standard InChI is InChI=1S/C17H14BrNO2/c1-11-5-3-8-14(16(11)18)17(20)15(10-19)12-6-4-7-13(9-12)21-2/h3-9,15H,1-2H3. The van der Waals surface area contributed by atoms with Crippen molar-refractivity contribution in [2.75, 3.05) is 7.11 Å². The molecule has 21 heavy (non-hydrogen) atoms. The van der Waals surface area contributed by atoms with Crippen molar-refractivity contribution in [3.05, 3.63) is 63.6 Å². The van der Waals surface area contributed by atoms with Crippen molar-refractivity contribution in [2.24, 2.45) is 0 Å². The molecule has 1 unspecified atom stereocenters. The summed E-state index contributed by atoms with van der Waals surface area (Å²) in [4.78, 5) is 12.7. The average Bonchev–Trinajstić information content (AvgIpc) is 2.51. The van der Waals surface area contributed by atoms with Crippen LogP contribution in [-0.2, 0) is 0 Å². The minimum atomic E-state index is -0.849. The van der Waals surface area contributed by atoms with E-state index in [9.17, 15) is 10.1 Å². The van der Waals surface area contributed by atoms with Gasteiger partial charge in [0.2, 0.25) is 0 Å². The van der Waals surface area contributed by atoms with Crippen molar-refractivity contribution in [3.63, 3.8) is 0 Å². The molecule has 0 fully saturated rings. The molecule has 4 heteroatoms. The zero-order valence-electron chi connectivity index (χ0n) is 11.8. The van der Waals surface area contributed by atoms with Crippen LogP contribution in [0.15, 0.2) is 46.9 Å². The van der Waals surface area contributed by atoms with E-state index in [1.807, 2.05) is 19.1 Å². The van der Waals surface area contributed by atoms with Crippen LogP contribution in [0.1, 0.15) is 27.4 Å². The number of methoxy groups -OCH3 is 1. The molecule has 3 nitrogen and oxygen atoms in total. The number of ether oxygens (including phenoxy) is 1. The largest absolute Gasteiger partial charge is 0.497 e. The number of hydrogen-bond donors (Lipinski definition) is 0. The molecule has 2 aromatic rings. The Bertz CT molecular complexity index is 719. The molecule has 0 aliphatic carbocycles. The molecule has 0 bridgehead atoms. The maximum absolute atomic E-state index is 12.7. The quantitative estimate of drug-likeness (QED) is 0.779. The van der Waals surface area contributed by atoms with Crippen LogP contribution in [0, 0.1) is 18.3 Å². The van der Waals surface area contributed by atoms with E-state index in [1.165, 1.54) is 0 Å². The number of rotatable bonds is 4. The van der Waals surface area contributed by atoms with E-state index < -0.39 is 5.92 Å². The molecule has 0 saturated heterocycles. The van der Waals surface area contributed by atoms with Gasteiger partial charge >= 0.3 is 0 Å². The molecular weight excluding hydrogens is 330 g/mol. The highest BCUT2D eigenvalue weighted by Crippen LogP contribution is 2.28. The Morgan fingerprint density at radius 1 is 1.29 bits per heavy atom. The summed E-state index contributed by atoms with van der Waals surface area (Å²) in [5.74, 6) is -0.441. The molecule has 0 amide bonds. The Hall–Kier alpha value is -2.12. The lowest BCUT2D eigenvalue weighted by atomic mass is 9.91. The third-order valence-corrected chi connectivity index (χ3v) is 4.33. The molecule has 2 rings (SSSR count). The van der Waals surface area contributed by atoms with Gasteiger partial charge in [-0.25, -0.2) is 0 Å². The highest BCUT2D eigenvalue weighted by atomic mass is 79.9. The monoisotopic (exact) mass is 343 g/mol. The number of carbonyl (C=O) groups excluding carboxylic acids is 1. The second kappa shape index (κ2) is 6.55. The number of halogens is 1. The van der Waals surface area contributed by atoms with Gasteiger partial charge in [0, 0.05) is 10.0 Å². The van der Waals surface area contributed by atoms with E-state index in [-0.39, 0.29) is 5.78 Å². The van der Waals surface area contributed by atoms with E-state index in [1.54, 1.807) is 37.4 Å². The smallest absolute Gasteiger partial charge is 0.185 e. The topological polar surface area (TPSA) is 50.1 Å². The summed E-state index contributed by atoms with van der Waals surface area (Å²) >= 11 is 3.42. The first-order valence-electron chi connectivity index (χ1n) is 6.41. The zero-order valence-corrected chi connectivity index (χ0v) is 13.3. The Morgan fingerprint density at radius 2 is 2.00 bits per heavy atom. The van der Waals surface area contributed by atoms with Crippen LogP contribution < -0.4 is 4.74 Å². The molecule has 0 heterocycles. The van der Waals surface area contributed by atoms with Gasteiger partial charge in [-0.05, 0) is 46.1 Å². The first-order chi connectivity index (χ1) is 10.1. The van der Waals surface area contributed by atoms with Crippen LogP contribution in [0.5, 0.6) is 5.75 Å². The number of aryl methyl sites for hydroxylation is 1. The van der Waals surface area contributed by atoms with Crippen molar-refractivity contribution in [2.45, 2.75) is 12.8 Å². The summed E-state index contributed by atoms with van der Waals surface area (Å²) < 4.78 is 5.88. The Kier molecular flexibility index (Phi) is 4.77. The number of nitriles is 1. The number of hydrogen-bond acceptors (Lipinski definition) is 3. The van der Waals surface area contributed by atoms with Gasteiger partial charge in [-0.3, -0.25) is 4.79 Å². The zero-order chi connectivity index (χ0) is 15.4. The number of benzene rings is 2. The molecule has 0 aliphatic rings. The predicted molar refractivity (Wildman–Crippen MR) is 84.6 cm³/mol. The molecular formula is C17H14BrNO2. The molecule has 1 atom stereocenters. The minimum Gasteiger partial charge on any atom is -0.497 e. The average molecular weight is 344 g/mol. The van der Waals surface area contributed by atoms with E-state index in [0.717, 1.165) is 10.0 Å². The predicted octanol–water partition coefficient (Wildman–Crippen LogP) is 4.26. The molecule has 0 aliphatic heterocycles. The first-order valence-corrected chi connectivity index (χ1v) is 7.20. The normalized spacial score (nSPS) is 11.5. The van der Waals surface area contributed by atoms with Gasteiger partial charge in [-0.2, -0.15) is 5.26 Å². The maximum Gasteiger partial charge on any atom is 0.185 e. The van der Waals surface area contributed by atoms with Gasteiger partial charge in [0.15, 0.2) is 5.78 Å². The highest BCUT2D eigenvalue weighted by molar-refractivity contribution is 9.10.